The van der Waals surface area contributed by atoms with Crippen LogP contribution in [0.1, 0.15) is 25.5 Å². The summed E-state index contributed by atoms with van der Waals surface area (Å²) in [4.78, 5) is 11.1. The first-order chi connectivity index (χ1) is 8.72. The lowest BCUT2D eigenvalue weighted by molar-refractivity contribution is 0.115. The summed E-state index contributed by atoms with van der Waals surface area (Å²) in [5.74, 6) is 1.65. The smallest absolute Gasteiger partial charge is 0.224 e. The van der Waals surface area contributed by atoms with Crippen molar-refractivity contribution < 1.29 is 4.74 Å². The summed E-state index contributed by atoms with van der Waals surface area (Å²) >= 11 is 0. The van der Waals surface area contributed by atoms with Gasteiger partial charge in [0.15, 0.2) is 0 Å². The number of nitrogens with zero attached hydrogens (tertiary/aromatic N) is 3. The van der Waals surface area contributed by atoms with E-state index >= 15 is 0 Å². The van der Waals surface area contributed by atoms with Crippen molar-refractivity contribution in [1.82, 2.24) is 9.97 Å². The third-order valence-corrected chi connectivity index (χ3v) is 3.22. The molecule has 1 saturated heterocycles. The molecule has 0 radical (unpaired) electrons. The molecule has 1 atom stereocenters. The summed E-state index contributed by atoms with van der Waals surface area (Å²) in [5.41, 5.74) is 0.982. The molecule has 0 spiro atoms. The molecule has 18 heavy (non-hydrogen) atoms. The van der Waals surface area contributed by atoms with E-state index in [0.717, 1.165) is 37.6 Å². The molecule has 5 heteroatoms. The van der Waals surface area contributed by atoms with E-state index in [4.69, 9.17) is 4.74 Å². The second kappa shape index (κ2) is 6.00. The Kier molecular flexibility index (Phi) is 4.36. The standard InChI is InChI=1S/C13H22N4O/c1-4-17(9-11-6-5-7-18-11)12-8-10(2)15-13(14-3)16-12/h8,11H,4-7,9H2,1-3H3,(H,14,15,16). The summed E-state index contributed by atoms with van der Waals surface area (Å²) in [6.45, 7) is 6.87. The number of rotatable bonds is 5. The lowest BCUT2D eigenvalue weighted by Gasteiger charge is -2.25. The summed E-state index contributed by atoms with van der Waals surface area (Å²) in [6, 6.07) is 2.03. The highest BCUT2D eigenvalue weighted by atomic mass is 16.5. The largest absolute Gasteiger partial charge is 0.376 e. The van der Waals surface area contributed by atoms with E-state index in [9.17, 15) is 0 Å². The van der Waals surface area contributed by atoms with E-state index in [1.807, 2.05) is 20.0 Å². The van der Waals surface area contributed by atoms with Gasteiger partial charge >= 0.3 is 0 Å². The van der Waals surface area contributed by atoms with Crippen molar-refractivity contribution >= 4 is 11.8 Å². The molecule has 1 fully saturated rings. The Morgan fingerprint density at radius 3 is 2.94 bits per heavy atom. The van der Waals surface area contributed by atoms with E-state index in [-0.39, 0.29) is 0 Å². The van der Waals surface area contributed by atoms with Gasteiger partial charge in [-0.15, -0.1) is 0 Å². The quantitative estimate of drug-likeness (QED) is 0.864. The number of anilines is 2. The molecular weight excluding hydrogens is 228 g/mol. The van der Waals surface area contributed by atoms with Crippen LogP contribution in [0.4, 0.5) is 11.8 Å². The molecule has 5 nitrogen and oxygen atoms in total. The number of likely N-dealkylation sites (N-methyl/N-ethyl adjacent to an activating group) is 1. The minimum Gasteiger partial charge on any atom is -0.376 e. The molecule has 1 aliphatic heterocycles. The number of hydrogen-bond acceptors (Lipinski definition) is 5. The fraction of sp³-hybridized carbons (Fsp3) is 0.692. The van der Waals surface area contributed by atoms with Crippen LogP contribution < -0.4 is 10.2 Å². The number of nitrogens with one attached hydrogen (secondary N) is 1. The molecule has 0 aliphatic carbocycles. The molecule has 0 bridgehead atoms. The third kappa shape index (κ3) is 3.10. The lowest BCUT2D eigenvalue weighted by Crippen LogP contribution is -2.32. The van der Waals surface area contributed by atoms with Gasteiger partial charge in [0.25, 0.3) is 0 Å². The zero-order valence-corrected chi connectivity index (χ0v) is 11.4. The predicted octanol–water partition coefficient (Wildman–Crippen LogP) is 1.83. The maximum Gasteiger partial charge on any atom is 0.224 e. The summed E-state index contributed by atoms with van der Waals surface area (Å²) in [7, 11) is 1.84. The number of aryl methyl sites for hydroxylation is 1. The zero-order chi connectivity index (χ0) is 13.0. The van der Waals surface area contributed by atoms with Crippen molar-refractivity contribution in [3.63, 3.8) is 0 Å². The monoisotopic (exact) mass is 250 g/mol. The van der Waals surface area contributed by atoms with Gasteiger partial charge in [-0.3, -0.25) is 0 Å². The summed E-state index contributed by atoms with van der Waals surface area (Å²) in [6.07, 6.45) is 2.67. The first-order valence-electron chi connectivity index (χ1n) is 6.63. The summed E-state index contributed by atoms with van der Waals surface area (Å²) in [5, 5.41) is 3.00. The van der Waals surface area contributed by atoms with Crippen LogP contribution >= 0.6 is 0 Å². The van der Waals surface area contributed by atoms with Crippen LogP contribution in [0.15, 0.2) is 6.07 Å². The molecule has 0 amide bonds. The minimum atomic E-state index is 0.346. The van der Waals surface area contributed by atoms with Crippen LogP contribution in [0.2, 0.25) is 0 Å². The number of ether oxygens (including phenoxy) is 1. The molecule has 0 aromatic carbocycles. The van der Waals surface area contributed by atoms with Crippen molar-refractivity contribution in [2.45, 2.75) is 32.8 Å². The van der Waals surface area contributed by atoms with Gasteiger partial charge in [0.05, 0.1) is 6.10 Å². The molecule has 1 aliphatic rings. The molecule has 1 N–H and O–H groups in total. The van der Waals surface area contributed by atoms with Gasteiger partial charge < -0.3 is 15.0 Å². The Morgan fingerprint density at radius 2 is 2.33 bits per heavy atom. The van der Waals surface area contributed by atoms with Crippen LogP contribution in [-0.2, 0) is 4.74 Å². The van der Waals surface area contributed by atoms with Crippen molar-refractivity contribution in [3.8, 4) is 0 Å². The van der Waals surface area contributed by atoms with Crippen molar-refractivity contribution in [3.05, 3.63) is 11.8 Å². The highest BCUT2D eigenvalue weighted by molar-refractivity contribution is 5.44. The Labute approximate surface area is 109 Å². The fourth-order valence-corrected chi connectivity index (χ4v) is 2.24. The van der Waals surface area contributed by atoms with Gasteiger partial charge in [-0.1, -0.05) is 0 Å². The molecule has 100 valence electrons. The Balaban J connectivity index is 2.12. The molecule has 1 aromatic heterocycles. The van der Waals surface area contributed by atoms with Crippen molar-refractivity contribution in [2.24, 2.45) is 0 Å². The van der Waals surface area contributed by atoms with Crippen molar-refractivity contribution in [2.75, 3.05) is 37.0 Å². The van der Waals surface area contributed by atoms with Gasteiger partial charge in [-0.2, -0.15) is 4.98 Å². The third-order valence-electron chi connectivity index (χ3n) is 3.22. The van der Waals surface area contributed by atoms with Crippen LogP contribution in [0, 0.1) is 6.92 Å². The second-order valence-corrected chi connectivity index (χ2v) is 4.61. The Hall–Kier alpha value is -1.36. The lowest BCUT2D eigenvalue weighted by atomic mass is 10.2. The average Bonchev–Trinajstić information content (AvgIpc) is 2.88. The van der Waals surface area contributed by atoms with E-state index < -0.39 is 0 Å². The van der Waals surface area contributed by atoms with Gasteiger partial charge in [-0.25, -0.2) is 4.98 Å². The van der Waals surface area contributed by atoms with Gasteiger partial charge in [-0.05, 0) is 26.7 Å². The van der Waals surface area contributed by atoms with Crippen LogP contribution in [-0.4, -0.2) is 42.8 Å². The van der Waals surface area contributed by atoms with E-state index in [1.54, 1.807) is 0 Å². The first-order valence-corrected chi connectivity index (χ1v) is 6.63. The SMILES string of the molecule is CCN(CC1CCCO1)c1cc(C)nc(NC)n1. The van der Waals surface area contributed by atoms with Gasteiger partial charge in [0.2, 0.25) is 5.95 Å². The summed E-state index contributed by atoms with van der Waals surface area (Å²) < 4.78 is 5.69. The van der Waals surface area contributed by atoms with Gasteiger partial charge in [0, 0.05) is 38.5 Å². The van der Waals surface area contributed by atoms with E-state index in [1.165, 1.54) is 6.42 Å². The highest BCUT2D eigenvalue weighted by Crippen LogP contribution is 2.19. The first kappa shape index (κ1) is 13.1. The van der Waals surface area contributed by atoms with Crippen LogP contribution in [0.5, 0.6) is 0 Å². The van der Waals surface area contributed by atoms with Gasteiger partial charge in [0.1, 0.15) is 5.82 Å². The van der Waals surface area contributed by atoms with Crippen molar-refractivity contribution in [1.29, 1.82) is 0 Å². The van der Waals surface area contributed by atoms with Crippen LogP contribution in [0.3, 0.4) is 0 Å². The molecule has 2 rings (SSSR count). The topological polar surface area (TPSA) is 50.3 Å². The highest BCUT2D eigenvalue weighted by Gasteiger charge is 2.19. The molecule has 1 unspecified atom stereocenters. The number of hydrogen-bond donors (Lipinski definition) is 1. The van der Waals surface area contributed by atoms with Crippen LogP contribution in [0.25, 0.3) is 0 Å². The number of aromatic nitrogens is 2. The average molecular weight is 250 g/mol. The Morgan fingerprint density at radius 1 is 1.50 bits per heavy atom. The molecule has 1 aromatic rings. The fourth-order valence-electron chi connectivity index (χ4n) is 2.24. The normalized spacial score (nSPS) is 18.9. The molecule has 0 saturated carbocycles. The minimum absolute atomic E-state index is 0.346. The van der Waals surface area contributed by atoms with E-state index in [0.29, 0.717) is 12.1 Å². The molecule has 2 heterocycles. The Bertz CT molecular complexity index is 391. The predicted molar refractivity (Wildman–Crippen MR) is 73.2 cm³/mol. The molecular formula is C13H22N4O. The maximum absolute atomic E-state index is 5.69. The maximum atomic E-state index is 5.69. The zero-order valence-electron chi connectivity index (χ0n) is 11.4. The van der Waals surface area contributed by atoms with E-state index in [2.05, 4.69) is 27.1 Å². The second-order valence-electron chi connectivity index (χ2n) is 4.61.